The van der Waals surface area contributed by atoms with Crippen LogP contribution in [-0.4, -0.2) is 35.2 Å². The van der Waals surface area contributed by atoms with Crippen LogP contribution in [0.25, 0.3) is 5.69 Å². The van der Waals surface area contributed by atoms with Gasteiger partial charge >= 0.3 is 0 Å². The van der Waals surface area contributed by atoms with Crippen LogP contribution in [0.4, 0.5) is 15.8 Å². The number of nitrogens with zero attached hydrogens (tertiary/aromatic N) is 3. The Balaban J connectivity index is 1.44. The number of nitrogens with one attached hydrogen (secondary N) is 1. The molecule has 1 fully saturated rings. The Morgan fingerprint density at radius 1 is 1.06 bits per heavy atom. The van der Waals surface area contributed by atoms with Gasteiger partial charge in [-0.15, -0.1) is 0 Å². The van der Waals surface area contributed by atoms with E-state index in [1.165, 1.54) is 12.1 Å². The minimum absolute atomic E-state index is 0.0723. The van der Waals surface area contributed by atoms with E-state index < -0.39 is 0 Å². The van der Waals surface area contributed by atoms with E-state index in [4.69, 9.17) is 4.74 Å². The van der Waals surface area contributed by atoms with E-state index in [-0.39, 0.29) is 17.6 Å². The van der Waals surface area contributed by atoms with Crippen LogP contribution < -0.4 is 15.0 Å². The molecule has 2 aromatic carbocycles. The lowest BCUT2D eigenvalue weighted by Gasteiger charge is -2.19. The SMILES string of the molecule is COc1cc(NC(=O)c2nn(-c3ccc(F)cc3)c3c2CCCC3)ccc1N1CCCC1=O. The molecule has 0 bridgehead atoms. The summed E-state index contributed by atoms with van der Waals surface area (Å²) >= 11 is 0. The van der Waals surface area contributed by atoms with Gasteiger partial charge in [-0.25, -0.2) is 9.07 Å². The minimum atomic E-state index is -0.314. The summed E-state index contributed by atoms with van der Waals surface area (Å²) in [6.45, 7) is 0.661. The van der Waals surface area contributed by atoms with Crippen molar-refractivity contribution in [1.29, 1.82) is 0 Å². The van der Waals surface area contributed by atoms with Crippen molar-refractivity contribution in [1.82, 2.24) is 9.78 Å². The summed E-state index contributed by atoms with van der Waals surface area (Å²) in [4.78, 5) is 27.1. The van der Waals surface area contributed by atoms with Gasteiger partial charge in [0.2, 0.25) is 5.91 Å². The molecule has 5 rings (SSSR count). The molecule has 7 nitrogen and oxygen atoms in total. The number of carbonyl (C=O) groups is 2. The van der Waals surface area contributed by atoms with E-state index in [0.717, 1.165) is 49.0 Å². The summed E-state index contributed by atoms with van der Waals surface area (Å²) in [5.74, 6) is -0.0169. The lowest BCUT2D eigenvalue weighted by Crippen LogP contribution is -2.24. The molecular formula is C25H25FN4O3. The standard InChI is InChI=1S/C25H25FN4O3/c1-33-22-15-17(10-13-21(22)29-14-4-7-23(29)31)27-25(32)24-19-5-2-3-6-20(19)30(28-24)18-11-8-16(26)9-12-18/h8-13,15H,2-7,14H2,1H3,(H,27,32). The molecule has 0 spiro atoms. The highest BCUT2D eigenvalue weighted by Crippen LogP contribution is 2.34. The number of amides is 2. The van der Waals surface area contributed by atoms with Crippen LogP contribution in [0.5, 0.6) is 5.75 Å². The van der Waals surface area contributed by atoms with Crippen LogP contribution in [0, 0.1) is 5.82 Å². The predicted octanol–water partition coefficient (Wildman–Crippen LogP) is 4.28. The second-order valence-corrected chi connectivity index (χ2v) is 8.36. The third-order valence-corrected chi connectivity index (χ3v) is 6.27. The summed E-state index contributed by atoms with van der Waals surface area (Å²) in [7, 11) is 1.55. The Morgan fingerprint density at radius 3 is 2.58 bits per heavy atom. The molecule has 0 atom stereocenters. The molecule has 1 aliphatic heterocycles. The number of rotatable bonds is 5. The number of benzene rings is 2. The van der Waals surface area contributed by atoms with Crippen molar-refractivity contribution in [3.05, 3.63) is 65.2 Å². The zero-order valence-corrected chi connectivity index (χ0v) is 18.4. The van der Waals surface area contributed by atoms with Crippen molar-refractivity contribution >= 4 is 23.2 Å². The number of halogens is 1. The molecule has 3 aromatic rings. The Morgan fingerprint density at radius 2 is 1.85 bits per heavy atom. The maximum absolute atomic E-state index is 13.4. The van der Waals surface area contributed by atoms with Crippen molar-refractivity contribution in [3.8, 4) is 11.4 Å². The Hall–Kier alpha value is -3.68. The molecule has 0 radical (unpaired) electrons. The number of carbonyl (C=O) groups excluding carboxylic acids is 2. The number of aromatic nitrogens is 2. The van der Waals surface area contributed by atoms with E-state index in [2.05, 4.69) is 10.4 Å². The van der Waals surface area contributed by atoms with E-state index in [1.54, 1.807) is 47.0 Å². The Kier molecular flexibility index (Phi) is 5.58. The van der Waals surface area contributed by atoms with Gasteiger partial charge in [0.05, 0.1) is 18.5 Å². The molecule has 1 aromatic heterocycles. The van der Waals surface area contributed by atoms with Crippen LogP contribution in [0.3, 0.4) is 0 Å². The van der Waals surface area contributed by atoms with Gasteiger partial charge < -0.3 is 15.0 Å². The highest BCUT2D eigenvalue weighted by Gasteiger charge is 2.27. The Bertz CT molecular complexity index is 1220. The molecule has 2 amide bonds. The number of methoxy groups -OCH3 is 1. The lowest BCUT2D eigenvalue weighted by atomic mass is 9.95. The van der Waals surface area contributed by atoms with Gasteiger partial charge in [0.1, 0.15) is 11.6 Å². The number of anilines is 2. The zero-order valence-electron chi connectivity index (χ0n) is 18.4. The average Bonchev–Trinajstić information content (AvgIpc) is 3.43. The topological polar surface area (TPSA) is 76.5 Å². The third-order valence-electron chi connectivity index (χ3n) is 6.27. The van der Waals surface area contributed by atoms with E-state index in [0.29, 0.717) is 35.8 Å². The molecule has 1 aliphatic carbocycles. The fourth-order valence-electron chi connectivity index (χ4n) is 4.65. The monoisotopic (exact) mass is 448 g/mol. The molecule has 1 saturated heterocycles. The van der Waals surface area contributed by atoms with E-state index in [9.17, 15) is 14.0 Å². The van der Waals surface area contributed by atoms with E-state index >= 15 is 0 Å². The smallest absolute Gasteiger partial charge is 0.276 e. The van der Waals surface area contributed by atoms with Crippen molar-refractivity contribution in [2.24, 2.45) is 0 Å². The third kappa shape index (κ3) is 3.97. The molecule has 33 heavy (non-hydrogen) atoms. The summed E-state index contributed by atoms with van der Waals surface area (Å²) in [5.41, 5.74) is 4.32. The second-order valence-electron chi connectivity index (χ2n) is 8.36. The summed E-state index contributed by atoms with van der Waals surface area (Å²) in [5, 5.41) is 7.55. The van der Waals surface area contributed by atoms with Gasteiger partial charge in [-0.2, -0.15) is 5.10 Å². The van der Waals surface area contributed by atoms with Crippen molar-refractivity contribution < 1.29 is 18.7 Å². The first kappa shape index (κ1) is 21.2. The van der Waals surface area contributed by atoms with E-state index in [1.807, 2.05) is 0 Å². The second kappa shape index (κ2) is 8.69. The van der Waals surface area contributed by atoms with Gasteiger partial charge in [-0.05, 0) is 68.5 Å². The number of hydrogen-bond acceptors (Lipinski definition) is 4. The van der Waals surface area contributed by atoms with Gasteiger partial charge in [-0.1, -0.05) is 0 Å². The molecule has 0 unspecified atom stereocenters. The highest BCUT2D eigenvalue weighted by molar-refractivity contribution is 6.05. The van der Waals surface area contributed by atoms with Gasteiger partial charge in [0, 0.05) is 36.0 Å². The summed E-state index contributed by atoms with van der Waals surface area (Å²) in [6.07, 6.45) is 4.97. The quantitative estimate of drug-likeness (QED) is 0.632. The van der Waals surface area contributed by atoms with Gasteiger partial charge in [0.25, 0.3) is 5.91 Å². The molecule has 1 N–H and O–H groups in total. The van der Waals surface area contributed by atoms with Crippen LogP contribution in [-0.2, 0) is 17.6 Å². The maximum atomic E-state index is 13.4. The number of ether oxygens (including phenoxy) is 1. The van der Waals surface area contributed by atoms with Crippen molar-refractivity contribution in [3.63, 3.8) is 0 Å². The largest absolute Gasteiger partial charge is 0.494 e. The Labute approximate surface area is 191 Å². The molecule has 2 aliphatic rings. The van der Waals surface area contributed by atoms with Crippen molar-refractivity contribution in [2.45, 2.75) is 38.5 Å². The average molecular weight is 448 g/mol. The van der Waals surface area contributed by atoms with Gasteiger partial charge in [-0.3, -0.25) is 9.59 Å². The fraction of sp³-hybridized carbons (Fsp3) is 0.320. The highest BCUT2D eigenvalue weighted by atomic mass is 19.1. The molecule has 0 saturated carbocycles. The zero-order chi connectivity index (χ0) is 22.9. The summed E-state index contributed by atoms with van der Waals surface area (Å²) in [6, 6.07) is 11.4. The lowest BCUT2D eigenvalue weighted by molar-refractivity contribution is -0.117. The van der Waals surface area contributed by atoms with Crippen LogP contribution in [0.1, 0.15) is 47.4 Å². The molecule has 2 heterocycles. The first-order chi connectivity index (χ1) is 16.0. The first-order valence-electron chi connectivity index (χ1n) is 11.2. The molecule has 170 valence electrons. The van der Waals surface area contributed by atoms with Crippen LogP contribution in [0.15, 0.2) is 42.5 Å². The summed E-state index contributed by atoms with van der Waals surface area (Å²) < 4.78 is 20.7. The fourth-order valence-corrected chi connectivity index (χ4v) is 4.65. The van der Waals surface area contributed by atoms with Crippen LogP contribution >= 0.6 is 0 Å². The number of hydrogen-bond donors (Lipinski definition) is 1. The van der Waals surface area contributed by atoms with Crippen molar-refractivity contribution in [2.75, 3.05) is 23.9 Å². The van der Waals surface area contributed by atoms with Gasteiger partial charge in [0.15, 0.2) is 5.69 Å². The maximum Gasteiger partial charge on any atom is 0.276 e. The first-order valence-corrected chi connectivity index (χ1v) is 11.2. The minimum Gasteiger partial charge on any atom is -0.494 e. The predicted molar refractivity (Wildman–Crippen MR) is 123 cm³/mol. The van der Waals surface area contributed by atoms with Crippen LogP contribution in [0.2, 0.25) is 0 Å². The molecule has 8 heteroatoms. The molecular weight excluding hydrogens is 423 g/mol. The normalized spacial score (nSPS) is 15.5. The number of fused-ring (bicyclic) bond motifs is 1.